The van der Waals surface area contributed by atoms with Crippen molar-refractivity contribution >= 4 is 5.91 Å². The average Bonchev–Trinajstić information content (AvgIpc) is 2.83. The van der Waals surface area contributed by atoms with E-state index in [-0.39, 0.29) is 17.9 Å². The number of ether oxygens (including phenoxy) is 1. The molecule has 1 atom stereocenters. The molecule has 0 radical (unpaired) electrons. The van der Waals surface area contributed by atoms with Gasteiger partial charge in [0, 0.05) is 19.0 Å². The molecule has 1 saturated heterocycles. The first kappa shape index (κ1) is 13.3. The zero-order chi connectivity index (χ0) is 13.9. The maximum absolute atomic E-state index is 12.2. The van der Waals surface area contributed by atoms with Gasteiger partial charge in [-0.2, -0.15) is 4.98 Å². The van der Waals surface area contributed by atoms with E-state index in [9.17, 15) is 4.79 Å². The van der Waals surface area contributed by atoms with Crippen LogP contribution in [-0.4, -0.2) is 40.1 Å². The van der Waals surface area contributed by atoms with Crippen LogP contribution in [0.2, 0.25) is 0 Å². The molecule has 1 aliphatic heterocycles. The summed E-state index contributed by atoms with van der Waals surface area (Å²) in [6.45, 7) is 3.44. The molecule has 1 aromatic rings. The van der Waals surface area contributed by atoms with E-state index in [0.717, 1.165) is 19.3 Å². The van der Waals surface area contributed by atoms with Crippen LogP contribution < -0.4 is 0 Å². The first-order valence-corrected chi connectivity index (χ1v) is 7.07. The van der Waals surface area contributed by atoms with Crippen LogP contribution in [0.3, 0.4) is 0 Å². The minimum Gasteiger partial charge on any atom is -0.365 e. The van der Waals surface area contributed by atoms with Gasteiger partial charge in [0.2, 0.25) is 5.91 Å². The summed E-state index contributed by atoms with van der Waals surface area (Å²) in [4.78, 5) is 18.2. The van der Waals surface area contributed by atoms with E-state index in [0.29, 0.717) is 31.4 Å². The minimum atomic E-state index is 0.0882. The third-order valence-electron chi connectivity index (χ3n) is 3.79. The number of hydrogen-bond acceptors (Lipinski definition) is 5. The quantitative estimate of drug-likeness (QED) is 0.779. The van der Waals surface area contributed by atoms with Crippen LogP contribution >= 0.6 is 0 Å². The molecule has 2 aliphatic rings. The average molecular weight is 277 g/mol. The summed E-state index contributed by atoms with van der Waals surface area (Å²) in [7, 11) is 0. The van der Waals surface area contributed by atoms with Crippen molar-refractivity contribution in [2.45, 2.75) is 38.9 Å². The van der Waals surface area contributed by atoms with Gasteiger partial charge in [0.1, 0.15) is 6.61 Å². The number of aromatic nitrogens is 2. The molecule has 1 aromatic heterocycles. The SMILES string of the molecule is Cc1noc(COC2CN(C(=O)C3CC=CCC3)C2)n1. The smallest absolute Gasteiger partial charge is 0.252 e. The maximum atomic E-state index is 12.2. The van der Waals surface area contributed by atoms with Crippen LogP contribution in [0.25, 0.3) is 0 Å². The van der Waals surface area contributed by atoms with Crippen molar-refractivity contribution in [3.8, 4) is 0 Å². The Labute approximate surface area is 117 Å². The molecule has 0 spiro atoms. The molecule has 1 fully saturated rings. The fourth-order valence-electron chi connectivity index (χ4n) is 2.59. The summed E-state index contributed by atoms with van der Waals surface area (Å²) in [5.74, 6) is 1.53. The van der Waals surface area contributed by atoms with E-state index < -0.39 is 0 Å². The Hall–Kier alpha value is -1.69. The molecular weight excluding hydrogens is 258 g/mol. The van der Waals surface area contributed by atoms with Crippen molar-refractivity contribution in [2.24, 2.45) is 5.92 Å². The van der Waals surface area contributed by atoms with E-state index >= 15 is 0 Å². The fourth-order valence-corrected chi connectivity index (χ4v) is 2.59. The van der Waals surface area contributed by atoms with E-state index in [2.05, 4.69) is 22.3 Å². The van der Waals surface area contributed by atoms with Gasteiger partial charge in [0.25, 0.3) is 5.89 Å². The highest BCUT2D eigenvalue weighted by Gasteiger charge is 2.35. The van der Waals surface area contributed by atoms with Gasteiger partial charge >= 0.3 is 0 Å². The highest BCUT2D eigenvalue weighted by Crippen LogP contribution is 2.24. The molecule has 0 bridgehead atoms. The van der Waals surface area contributed by atoms with Crippen molar-refractivity contribution in [1.82, 2.24) is 15.0 Å². The summed E-state index contributed by atoms with van der Waals surface area (Å²) in [6, 6.07) is 0. The fraction of sp³-hybridized carbons (Fsp3) is 0.643. The van der Waals surface area contributed by atoms with Gasteiger partial charge < -0.3 is 14.2 Å². The van der Waals surface area contributed by atoms with E-state index in [1.807, 2.05) is 4.90 Å². The molecule has 1 unspecified atom stereocenters. The van der Waals surface area contributed by atoms with E-state index in [1.54, 1.807) is 6.92 Å². The predicted octanol–water partition coefficient (Wildman–Crippen LogP) is 1.46. The molecule has 3 rings (SSSR count). The van der Waals surface area contributed by atoms with Gasteiger partial charge in [0.15, 0.2) is 5.82 Å². The molecule has 1 aliphatic carbocycles. The number of carbonyl (C=O) groups is 1. The molecular formula is C14H19N3O3. The lowest BCUT2D eigenvalue weighted by Crippen LogP contribution is -2.56. The lowest BCUT2D eigenvalue weighted by Gasteiger charge is -2.40. The first-order chi connectivity index (χ1) is 9.72. The summed E-state index contributed by atoms with van der Waals surface area (Å²) < 4.78 is 10.6. The molecule has 6 heteroatoms. The monoisotopic (exact) mass is 277 g/mol. The largest absolute Gasteiger partial charge is 0.365 e. The second-order valence-corrected chi connectivity index (χ2v) is 5.39. The number of allylic oxidation sites excluding steroid dienone is 2. The number of hydrogen-bond donors (Lipinski definition) is 0. The number of aryl methyl sites for hydroxylation is 1. The van der Waals surface area contributed by atoms with Gasteiger partial charge in [-0.1, -0.05) is 17.3 Å². The van der Waals surface area contributed by atoms with Gasteiger partial charge in [-0.25, -0.2) is 0 Å². The standard InChI is InChI=1S/C14H19N3O3/c1-10-15-13(20-16-10)9-19-12-7-17(8-12)14(18)11-5-3-2-4-6-11/h2-3,11-12H,4-9H2,1H3. The predicted molar refractivity (Wildman–Crippen MR) is 70.7 cm³/mol. The van der Waals surface area contributed by atoms with Crippen LogP contribution in [0.4, 0.5) is 0 Å². The Morgan fingerprint density at radius 2 is 2.35 bits per heavy atom. The van der Waals surface area contributed by atoms with Crippen LogP contribution in [0.5, 0.6) is 0 Å². The Morgan fingerprint density at radius 3 is 3.00 bits per heavy atom. The van der Waals surface area contributed by atoms with E-state index in [1.165, 1.54) is 0 Å². The summed E-state index contributed by atoms with van der Waals surface area (Å²) in [5, 5.41) is 3.71. The zero-order valence-electron chi connectivity index (χ0n) is 11.6. The van der Waals surface area contributed by atoms with E-state index in [4.69, 9.17) is 9.26 Å². The molecule has 20 heavy (non-hydrogen) atoms. The number of likely N-dealkylation sites (tertiary alicyclic amines) is 1. The van der Waals surface area contributed by atoms with Crippen molar-refractivity contribution in [3.05, 3.63) is 23.9 Å². The van der Waals surface area contributed by atoms with Crippen LogP contribution in [0.15, 0.2) is 16.7 Å². The number of amides is 1. The highest BCUT2D eigenvalue weighted by molar-refractivity contribution is 5.80. The van der Waals surface area contributed by atoms with Crippen molar-refractivity contribution in [1.29, 1.82) is 0 Å². The zero-order valence-corrected chi connectivity index (χ0v) is 11.6. The van der Waals surface area contributed by atoms with Crippen LogP contribution in [-0.2, 0) is 16.1 Å². The molecule has 1 amide bonds. The molecule has 0 saturated carbocycles. The lowest BCUT2D eigenvalue weighted by atomic mass is 9.92. The maximum Gasteiger partial charge on any atom is 0.252 e. The summed E-state index contributed by atoms with van der Waals surface area (Å²) >= 11 is 0. The first-order valence-electron chi connectivity index (χ1n) is 7.07. The second kappa shape index (κ2) is 5.75. The normalized spacial score (nSPS) is 22.9. The van der Waals surface area contributed by atoms with Crippen LogP contribution in [0, 0.1) is 12.8 Å². The van der Waals surface area contributed by atoms with Gasteiger partial charge in [-0.15, -0.1) is 0 Å². The van der Waals surface area contributed by atoms with Crippen molar-refractivity contribution in [2.75, 3.05) is 13.1 Å². The Morgan fingerprint density at radius 1 is 1.50 bits per heavy atom. The number of nitrogens with zero attached hydrogens (tertiary/aromatic N) is 3. The van der Waals surface area contributed by atoms with Crippen molar-refractivity contribution < 1.29 is 14.1 Å². The number of carbonyl (C=O) groups excluding carboxylic acids is 1. The van der Waals surface area contributed by atoms with Crippen molar-refractivity contribution in [3.63, 3.8) is 0 Å². The van der Waals surface area contributed by atoms with Gasteiger partial charge in [0.05, 0.1) is 6.10 Å². The highest BCUT2D eigenvalue weighted by atomic mass is 16.5. The third-order valence-corrected chi connectivity index (χ3v) is 3.79. The molecule has 0 N–H and O–H groups in total. The number of rotatable bonds is 4. The minimum absolute atomic E-state index is 0.0882. The Balaban J connectivity index is 1.40. The second-order valence-electron chi connectivity index (χ2n) is 5.39. The molecule has 2 heterocycles. The topological polar surface area (TPSA) is 68.5 Å². The molecule has 0 aromatic carbocycles. The Bertz CT molecular complexity index is 506. The van der Waals surface area contributed by atoms with Gasteiger partial charge in [-0.05, 0) is 26.2 Å². The molecule has 6 nitrogen and oxygen atoms in total. The lowest BCUT2D eigenvalue weighted by molar-refractivity contribution is -0.151. The Kier molecular flexibility index (Phi) is 3.82. The summed E-state index contributed by atoms with van der Waals surface area (Å²) in [6.07, 6.45) is 7.21. The summed E-state index contributed by atoms with van der Waals surface area (Å²) in [5.41, 5.74) is 0. The van der Waals surface area contributed by atoms with Gasteiger partial charge in [-0.3, -0.25) is 4.79 Å². The third kappa shape index (κ3) is 2.90. The molecule has 108 valence electrons. The van der Waals surface area contributed by atoms with Crippen LogP contribution in [0.1, 0.15) is 31.0 Å².